The summed E-state index contributed by atoms with van der Waals surface area (Å²) >= 11 is 0. The highest BCUT2D eigenvalue weighted by Gasteiger charge is 2.29. The lowest BCUT2D eigenvalue weighted by atomic mass is 10.1. The van der Waals surface area contributed by atoms with Crippen LogP contribution in [-0.4, -0.2) is 49.4 Å². The number of hydrogen-bond donors (Lipinski definition) is 2. The van der Waals surface area contributed by atoms with Gasteiger partial charge in [0, 0.05) is 18.2 Å². The molecule has 0 radical (unpaired) electrons. The zero-order valence-electron chi connectivity index (χ0n) is 14.7. The SMILES string of the molecule is Cc1ccc(S(=O)(=O)NC2CC2)cc1C(=O)N(CC(=O)O)CC(C)C. The minimum Gasteiger partial charge on any atom is -0.480 e. The van der Waals surface area contributed by atoms with E-state index in [1.54, 1.807) is 13.0 Å². The third kappa shape index (κ3) is 5.27. The molecule has 2 N–H and O–H groups in total. The van der Waals surface area contributed by atoms with Gasteiger partial charge in [0.15, 0.2) is 0 Å². The third-order valence-electron chi connectivity index (χ3n) is 3.85. The van der Waals surface area contributed by atoms with Crippen molar-refractivity contribution < 1.29 is 23.1 Å². The van der Waals surface area contributed by atoms with Gasteiger partial charge in [-0.1, -0.05) is 19.9 Å². The number of amides is 1. The van der Waals surface area contributed by atoms with Crippen molar-refractivity contribution in [3.05, 3.63) is 29.3 Å². The topological polar surface area (TPSA) is 104 Å². The van der Waals surface area contributed by atoms with Gasteiger partial charge in [-0.05, 0) is 43.4 Å². The summed E-state index contributed by atoms with van der Waals surface area (Å²) in [6.45, 7) is 5.33. The van der Waals surface area contributed by atoms with E-state index in [2.05, 4.69) is 4.72 Å². The highest BCUT2D eigenvalue weighted by atomic mass is 32.2. The molecule has 0 spiro atoms. The number of carboxylic acid groups (broad SMARTS) is 1. The molecule has 138 valence electrons. The molecule has 2 rings (SSSR count). The first-order chi connectivity index (χ1) is 11.6. The van der Waals surface area contributed by atoms with Crippen LogP contribution in [0.4, 0.5) is 0 Å². The number of rotatable bonds is 8. The number of carbonyl (C=O) groups excluding carboxylic acids is 1. The quantitative estimate of drug-likeness (QED) is 0.726. The Balaban J connectivity index is 2.33. The molecular formula is C17H24N2O5S. The van der Waals surface area contributed by atoms with Crippen LogP contribution in [0, 0.1) is 12.8 Å². The number of sulfonamides is 1. The number of carbonyl (C=O) groups is 2. The zero-order chi connectivity index (χ0) is 18.8. The second kappa shape index (κ2) is 7.53. The van der Waals surface area contributed by atoms with Crippen molar-refractivity contribution in [3.8, 4) is 0 Å². The van der Waals surface area contributed by atoms with Gasteiger partial charge in [0.1, 0.15) is 6.54 Å². The first-order valence-electron chi connectivity index (χ1n) is 8.24. The molecule has 0 aliphatic heterocycles. The van der Waals surface area contributed by atoms with Crippen molar-refractivity contribution >= 4 is 21.9 Å². The van der Waals surface area contributed by atoms with Crippen molar-refractivity contribution in [1.29, 1.82) is 0 Å². The van der Waals surface area contributed by atoms with E-state index in [4.69, 9.17) is 5.11 Å². The summed E-state index contributed by atoms with van der Waals surface area (Å²) in [5, 5.41) is 9.05. The number of benzene rings is 1. The van der Waals surface area contributed by atoms with Crippen LogP contribution in [0.15, 0.2) is 23.1 Å². The molecule has 1 saturated carbocycles. The van der Waals surface area contributed by atoms with Gasteiger partial charge >= 0.3 is 5.97 Å². The molecule has 0 bridgehead atoms. The maximum Gasteiger partial charge on any atom is 0.323 e. The van der Waals surface area contributed by atoms with E-state index in [0.717, 1.165) is 12.8 Å². The van der Waals surface area contributed by atoms with Crippen LogP contribution in [0.1, 0.15) is 42.6 Å². The summed E-state index contributed by atoms with van der Waals surface area (Å²) < 4.78 is 27.3. The number of aliphatic carboxylic acids is 1. The molecule has 0 unspecified atom stereocenters. The number of nitrogens with zero attached hydrogens (tertiary/aromatic N) is 1. The van der Waals surface area contributed by atoms with Crippen LogP contribution >= 0.6 is 0 Å². The van der Waals surface area contributed by atoms with Gasteiger partial charge in [0.05, 0.1) is 4.90 Å². The fourth-order valence-electron chi connectivity index (χ4n) is 2.48. The van der Waals surface area contributed by atoms with Crippen LogP contribution in [-0.2, 0) is 14.8 Å². The van der Waals surface area contributed by atoms with Crippen LogP contribution in [0.5, 0.6) is 0 Å². The summed E-state index contributed by atoms with van der Waals surface area (Å²) in [5.74, 6) is -1.49. The normalized spacial score (nSPS) is 14.6. The lowest BCUT2D eigenvalue weighted by molar-refractivity contribution is -0.137. The van der Waals surface area contributed by atoms with E-state index in [1.165, 1.54) is 17.0 Å². The molecule has 8 heteroatoms. The number of carboxylic acids is 1. The van der Waals surface area contributed by atoms with E-state index in [0.29, 0.717) is 5.56 Å². The minimum atomic E-state index is -3.68. The van der Waals surface area contributed by atoms with E-state index in [1.807, 2.05) is 13.8 Å². The van der Waals surface area contributed by atoms with Gasteiger partial charge in [-0.25, -0.2) is 13.1 Å². The van der Waals surface area contributed by atoms with E-state index in [9.17, 15) is 18.0 Å². The predicted octanol–water partition coefficient (Wildman–Crippen LogP) is 1.62. The Morgan fingerprint density at radius 3 is 2.48 bits per heavy atom. The molecule has 0 atom stereocenters. The Bertz CT molecular complexity index is 769. The van der Waals surface area contributed by atoms with Gasteiger partial charge in [-0.2, -0.15) is 0 Å². The molecule has 1 fully saturated rings. The molecule has 0 aromatic heterocycles. The van der Waals surface area contributed by atoms with Crippen LogP contribution in [0.25, 0.3) is 0 Å². The number of nitrogens with one attached hydrogen (secondary N) is 1. The molecule has 1 aromatic carbocycles. The Labute approximate surface area is 148 Å². The third-order valence-corrected chi connectivity index (χ3v) is 5.37. The molecule has 0 heterocycles. The number of hydrogen-bond acceptors (Lipinski definition) is 4. The molecule has 1 aliphatic carbocycles. The smallest absolute Gasteiger partial charge is 0.323 e. The molecular weight excluding hydrogens is 344 g/mol. The summed E-state index contributed by atoms with van der Waals surface area (Å²) in [4.78, 5) is 25.1. The van der Waals surface area contributed by atoms with Gasteiger partial charge in [0.25, 0.3) is 5.91 Å². The van der Waals surface area contributed by atoms with E-state index < -0.39 is 28.4 Å². The fraction of sp³-hybridized carbons (Fsp3) is 0.529. The Kier molecular flexibility index (Phi) is 5.84. The summed E-state index contributed by atoms with van der Waals surface area (Å²) in [6.07, 6.45) is 1.63. The van der Waals surface area contributed by atoms with Gasteiger partial charge in [-0.15, -0.1) is 0 Å². The predicted molar refractivity (Wildman–Crippen MR) is 92.9 cm³/mol. The van der Waals surface area contributed by atoms with E-state index in [-0.39, 0.29) is 29.0 Å². The first kappa shape index (κ1) is 19.4. The zero-order valence-corrected chi connectivity index (χ0v) is 15.5. The Morgan fingerprint density at radius 2 is 1.96 bits per heavy atom. The number of aryl methyl sites for hydroxylation is 1. The Hall–Kier alpha value is -1.93. The van der Waals surface area contributed by atoms with Crippen molar-refractivity contribution in [1.82, 2.24) is 9.62 Å². The summed E-state index contributed by atoms with van der Waals surface area (Å²) in [6, 6.07) is 4.33. The molecule has 7 nitrogen and oxygen atoms in total. The van der Waals surface area contributed by atoms with Crippen molar-refractivity contribution in [2.24, 2.45) is 5.92 Å². The molecule has 1 aliphatic rings. The fourth-order valence-corrected chi connectivity index (χ4v) is 3.81. The maximum absolute atomic E-state index is 12.8. The molecule has 1 aromatic rings. The lowest BCUT2D eigenvalue weighted by Crippen LogP contribution is -2.38. The van der Waals surface area contributed by atoms with Gasteiger partial charge in [0.2, 0.25) is 10.0 Å². The average Bonchev–Trinajstić information content (AvgIpc) is 3.28. The summed E-state index contributed by atoms with van der Waals surface area (Å²) in [7, 11) is -3.68. The minimum absolute atomic E-state index is 0.0215. The van der Waals surface area contributed by atoms with Crippen LogP contribution in [0.3, 0.4) is 0 Å². The van der Waals surface area contributed by atoms with E-state index >= 15 is 0 Å². The molecule has 1 amide bonds. The van der Waals surface area contributed by atoms with Crippen LogP contribution < -0.4 is 4.72 Å². The van der Waals surface area contributed by atoms with Crippen molar-refractivity contribution in [2.45, 2.75) is 44.6 Å². The highest BCUT2D eigenvalue weighted by Crippen LogP contribution is 2.24. The van der Waals surface area contributed by atoms with Gasteiger partial charge < -0.3 is 10.0 Å². The second-order valence-corrected chi connectivity index (χ2v) is 8.56. The Morgan fingerprint density at radius 1 is 1.32 bits per heavy atom. The van der Waals surface area contributed by atoms with Gasteiger partial charge in [-0.3, -0.25) is 9.59 Å². The molecule has 0 saturated heterocycles. The molecule has 25 heavy (non-hydrogen) atoms. The second-order valence-electron chi connectivity index (χ2n) is 6.85. The van der Waals surface area contributed by atoms with Crippen molar-refractivity contribution in [2.75, 3.05) is 13.1 Å². The maximum atomic E-state index is 12.8. The highest BCUT2D eigenvalue weighted by molar-refractivity contribution is 7.89. The van der Waals surface area contributed by atoms with Crippen LogP contribution in [0.2, 0.25) is 0 Å². The average molecular weight is 368 g/mol. The van der Waals surface area contributed by atoms with Crippen molar-refractivity contribution in [3.63, 3.8) is 0 Å². The largest absolute Gasteiger partial charge is 0.480 e. The summed E-state index contributed by atoms with van der Waals surface area (Å²) in [5.41, 5.74) is 0.815. The monoisotopic (exact) mass is 368 g/mol. The standard InChI is InChI=1S/C17H24N2O5S/c1-11(2)9-19(10-16(20)21)17(22)15-8-14(7-4-12(15)3)25(23,24)18-13-5-6-13/h4,7-8,11,13,18H,5-6,9-10H2,1-3H3,(H,20,21). The first-order valence-corrected chi connectivity index (χ1v) is 9.72. The lowest BCUT2D eigenvalue weighted by Gasteiger charge is -2.24.